The van der Waals surface area contributed by atoms with E-state index in [9.17, 15) is 4.79 Å². The van der Waals surface area contributed by atoms with E-state index in [0.717, 1.165) is 5.56 Å². The van der Waals surface area contributed by atoms with Crippen LogP contribution in [0.1, 0.15) is 48.0 Å². The summed E-state index contributed by atoms with van der Waals surface area (Å²) < 4.78 is 0. The predicted octanol–water partition coefficient (Wildman–Crippen LogP) is 3.09. The fraction of sp³-hybridized carbons (Fsp3) is 0.533. The average Bonchev–Trinajstić information content (AvgIpc) is 2.39. The number of Topliss-reactive ketones (excluding diaryl/α,β-unsaturated/α-hetero) is 1. The van der Waals surface area contributed by atoms with Crippen LogP contribution < -0.4 is 0 Å². The third-order valence-corrected chi connectivity index (χ3v) is 3.74. The van der Waals surface area contributed by atoms with E-state index in [4.69, 9.17) is 0 Å². The van der Waals surface area contributed by atoms with Crippen LogP contribution in [0.25, 0.3) is 0 Å². The van der Waals surface area contributed by atoms with Gasteiger partial charge in [-0.25, -0.2) is 0 Å². The van der Waals surface area contributed by atoms with Gasteiger partial charge >= 0.3 is 0 Å². The van der Waals surface area contributed by atoms with Gasteiger partial charge in [-0.3, -0.25) is 4.79 Å². The van der Waals surface area contributed by atoms with Crippen molar-refractivity contribution in [3.8, 4) is 0 Å². The quantitative estimate of drug-likeness (QED) is 0.745. The molecule has 0 unspecified atom stereocenters. The lowest BCUT2D eigenvalue weighted by Crippen LogP contribution is -2.29. The molecule has 0 N–H and O–H groups in total. The van der Waals surface area contributed by atoms with Gasteiger partial charge < -0.3 is 4.90 Å². The molecule has 0 saturated carbocycles. The highest BCUT2D eigenvalue weighted by Crippen LogP contribution is 2.27. The number of rotatable bonds is 3. The molecule has 1 aliphatic heterocycles. The molecule has 0 bridgehead atoms. The van der Waals surface area contributed by atoms with Crippen molar-refractivity contribution in [2.45, 2.75) is 32.1 Å². The molecule has 92 valence electrons. The van der Waals surface area contributed by atoms with E-state index in [0.29, 0.717) is 12.3 Å². The number of hydrogen-bond donors (Lipinski definition) is 0. The number of ketones is 1. The van der Waals surface area contributed by atoms with Crippen molar-refractivity contribution in [2.24, 2.45) is 0 Å². The summed E-state index contributed by atoms with van der Waals surface area (Å²) in [5.74, 6) is 0.914. The van der Waals surface area contributed by atoms with Crippen LogP contribution in [0.4, 0.5) is 0 Å². The van der Waals surface area contributed by atoms with E-state index in [2.05, 4.69) is 24.1 Å². The third-order valence-electron chi connectivity index (χ3n) is 3.74. The van der Waals surface area contributed by atoms with Crippen LogP contribution in [-0.2, 0) is 0 Å². The molecule has 2 rings (SSSR count). The number of piperidine rings is 1. The Kier molecular flexibility index (Phi) is 3.95. The highest BCUT2D eigenvalue weighted by atomic mass is 16.1. The summed E-state index contributed by atoms with van der Waals surface area (Å²) in [5, 5.41) is 0. The van der Waals surface area contributed by atoms with Crippen LogP contribution in [0.3, 0.4) is 0 Å². The molecule has 1 saturated heterocycles. The lowest BCUT2D eigenvalue weighted by Gasteiger charge is -2.29. The molecular formula is C15H21NO. The lowest BCUT2D eigenvalue weighted by molar-refractivity contribution is 0.0988. The van der Waals surface area contributed by atoms with Gasteiger partial charge in [0.2, 0.25) is 0 Å². The molecule has 2 nitrogen and oxygen atoms in total. The van der Waals surface area contributed by atoms with Crippen molar-refractivity contribution in [3.05, 3.63) is 35.4 Å². The Morgan fingerprint density at radius 1 is 1.24 bits per heavy atom. The first-order valence-electron chi connectivity index (χ1n) is 6.52. The second kappa shape index (κ2) is 5.46. The zero-order valence-corrected chi connectivity index (χ0v) is 10.8. The summed E-state index contributed by atoms with van der Waals surface area (Å²) in [6.45, 7) is 4.27. The number of carbonyl (C=O) groups is 1. The first kappa shape index (κ1) is 12.3. The minimum atomic E-state index is 0.236. The summed E-state index contributed by atoms with van der Waals surface area (Å²) in [4.78, 5) is 13.9. The number of benzene rings is 1. The molecule has 0 amide bonds. The Hall–Kier alpha value is -1.15. The van der Waals surface area contributed by atoms with Crippen LogP contribution >= 0.6 is 0 Å². The smallest absolute Gasteiger partial charge is 0.162 e. The van der Waals surface area contributed by atoms with Crippen molar-refractivity contribution >= 4 is 5.78 Å². The second-order valence-electron chi connectivity index (χ2n) is 4.98. The monoisotopic (exact) mass is 231 g/mol. The zero-order valence-electron chi connectivity index (χ0n) is 10.8. The van der Waals surface area contributed by atoms with Crippen LogP contribution in [0.2, 0.25) is 0 Å². The maximum Gasteiger partial charge on any atom is 0.162 e. The standard InChI is InChI=1S/C15H21NO/c1-3-15(17)14-6-4-12(5-7-14)13-8-10-16(2)11-9-13/h4-7,13H,3,8-11H2,1-2H3. The van der Waals surface area contributed by atoms with Gasteiger partial charge in [0.25, 0.3) is 0 Å². The summed E-state index contributed by atoms with van der Waals surface area (Å²) >= 11 is 0. The van der Waals surface area contributed by atoms with E-state index >= 15 is 0 Å². The Morgan fingerprint density at radius 3 is 2.35 bits per heavy atom. The van der Waals surface area contributed by atoms with Gasteiger partial charge in [0, 0.05) is 12.0 Å². The van der Waals surface area contributed by atoms with Gasteiger partial charge in [-0.15, -0.1) is 0 Å². The molecule has 1 aromatic carbocycles. The zero-order chi connectivity index (χ0) is 12.3. The van der Waals surface area contributed by atoms with E-state index in [1.165, 1.54) is 31.5 Å². The Morgan fingerprint density at radius 2 is 1.82 bits per heavy atom. The maximum atomic E-state index is 11.5. The summed E-state index contributed by atoms with van der Waals surface area (Å²) in [6, 6.07) is 8.25. The van der Waals surface area contributed by atoms with Crippen LogP contribution in [0, 0.1) is 0 Å². The summed E-state index contributed by atoms with van der Waals surface area (Å²) in [6.07, 6.45) is 3.06. The van der Waals surface area contributed by atoms with Crippen molar-refractivity contribution < 1.29 is 4.79 Å². The molecule has 2 heteroatoms. The lowest BCUT2D eigenvalue weighted by atomic mass is 9.89. The first-order chi connectivity index (χ1) is 8.20. The molecule has 17 heavy (non-hydrogen) atoms. The van der Waals surface area contributed by atoms with Crippen molar-refractivity contribution in [3.63, 3.8) is 0 Å². The topological polar surface area (TPSA) is 20.3 Å². The number of carbonyl (C=O) groups excluding carboxylic acids is 1. The normalized spacial score (nSPS) is 18.2. The van der Waals surface area contributed by atoms with E-state index in [1.807, 2.05) is 19.1 Å². The minimum Gasteiger partial charge on any atom is -0.306 e. The predicted molar refractivity (Wildman–Crippen MR) is 70.5 cm³/mol. The molecule has 1 aromatic rings. The van der Waals surface area contributed by atoms with Gasteiger partial charge in [-0.05, 0) is 44.5 Å². The van der Waals surface area contributed by atoms with E-state index in [1.54, 1.807) is 0 Å². The molecule has 0 aliphatic carbocycles. The van der Waals surface area contributed by atoms with Gasteiger partial charge in [-0.1, -0.05) is 31.2 Å². The van der Waals surface area contributed by atoms with Crippen molar-refractivity contribution in [1.29, 1.82) is 0 Å². The second-order valence-corrected chi connectivity index (χ2v) is 4.98. The molecule has 1 heterocycles. The fourth-order valence-electron chi connectivity index (χ4n) is 2.49. The largest absolute Gasteiger partial charge is 0.306 e. The van der Waals surface area contributed by atoms with Crippen LogP contribution in [-0.4, -0.2) is 30.8 Å². The summed E-state index contributed by atoms with van der Waals surface area (Å²) in [5.41, 5.74) is 2.25. The van der Waals surface area contributed by atoms with Gasteiger partial charge in [-0.2, -0.15) is 0 Å². The first-order valence-corrected chi connectivity index (χ1v) is 6.52. The fourth-order valence-corrected chi connectivity index (χ4v) is 2.49. The van der Waals surface area contributed by atoms with Crippen molar-refractivity contribution in [2.75, 3.05) is 20.1 Å². The maximum absolute atomic E-state index is 11.5. The minimum absolute atomic E-state index is 0.236. The molecule has 0 radical (unpaired) electrons. The highest BCUT2D eigenvalue weighted by molar-refractivity contribution is 5.95. The number of likely N-dealkylation sites (tertiary alicyclic amines) is 1. The number of hydrogen-bond acceptors (Lipinski definition) is 2. The van der Waals surface area contributed by atoms with E-state index < -0.39 is 0 Å². The molecule has 0 aromatic heterocycles. The Bertz CT molecular complexity index is 374. The van der Waals surface area contributed by atoms with Gasteiger partial charge in [0.05, 0.1) is 0 Å². The Labute approximate surface area is 104 Å². The van der Waals surface area contributed by atoms with Crippen molar-refractivity contribution in [1.82, 2.24) is 4.90 Å². The Balaban J connectivity index is 2.05. The molecule has 1 aliphatic rings. The average molecular weight is 231 g/mol. The van der Waals surface area contributed by atoms with Crippen LogP contribution in [0.15, 0.2) is 24.3 Å². The van der Waals surface area contributed by atoms with E-state index in [-0.39, 0.29) is 5.78 Å². The number of nitrogens with zero attached hydrogens (tertiary/aromatic N) is 1. The highest BCUT2D eigenvalue weighted by Gasteiger charge is 2.18. The summed E-state index contributed by atoms with van der Waals surface area (Å²) in [7, 11) is 2.18. The van der Waals surface area contributed by atoms with Crippen LogP contribution in [0.5, 0.6) is 0 Å². The van der Waals surface area contributed by atoms with Gasteiger partial charge in [0.15, 0.2) is 5.78 Å². The third kappa shape index (κ3) is 2.95. The molecule has 1 fully saturated rings. The molecular weight excluding hydrogens is 210 g/mol. The van der Waals surface area contributed by atoms with Gasteiger partial charge in [0.1, 0.15) is 0 Å². The SMILES string of the molecule is CCC(=O)c1ccc(C2CCN(C)CC2)cc1. The molecule has 0 spiro atoms. The molecule has 0 atom stereocenters.